The molecule has 2 aromatic carbocycles. The highest BCUT2D eigenvalue weighted by molar-refractivity contribution is 6.32. The van der Waals surface area contributed by atoms with Crippen molar-refractivity contribution in [2.45, 2.75) is 13.5 Å². The van der Waals surface area contributed by atoms with Gasteiger partial charge >= 0.3 is 0 Å². The molecule has 0 aromatic heterocycles. The van der Waals surface area contributed by atoms with Gasteiger partial charge in [0.05, 0.1) is 12.1 Å². The topological polar surface area (TPSA) is 41.5 Å². The van der Waals surface area contributed by atoms with Gasteiger partial charge in [-0.15, -0.1) is 0 Å². The standard InChI is InChI=1S/C15H15Cl2NO2/c1-9-3-4-11(7-12(9)16)18-8-10-5-13(17)15(19)14(6-10)20-2/h3-7,18-19H,8H2,1-2H3. The highest BCUT2D eigenvalue weighted by Crippen LogP contribution is 2.35. The van der Waals surface area contributed by atoms with Crippen molar-refractivity contribution >= 4 is 28.9 Å². The monoisotopic (exact) mass is 311 g/mol. The third kappa shape index (κ3) is 3.30. The number of aryl methyl sites for hydroxylation is 1. The average Bonchev–Trinajstić information content (AvgIpc) is 2.43. The summed E-state index contributed by atoms with van der Waals surface area (Å²) in [6.45, 7) is 2.51. The van der Waals surface area contributed by atoms with Crippen LogP contribution in [0.15, 0.2) is 30.3 Å². The van der Waals surface area contributed by atoms with E-state index in [0.717, 1.165) is 21.8 Å². The maximum Gasteiger partial charge on any atom is 0.176 e. The molecule has 0 aliphatic carbocycles. The summed E-state index contributed by atoms with van der Waals surface area (Å²) < 4.78 is 5.07. The molecule has 2 rings (SSSR count). The second kappa shape index (κ2) is 6.25. The zero-order chi connectivity index (χ0) is 14.7. The van der Waals surface area contributed by atoms with Gasteiger partial charge < -0.3 is 15.2 Å². The number of halogens is 2. The van der Waals surface area contributed by atoms with Crippen molar-refractivity contribution in [1.29, 1.82) is 0 Å². The first-order chi connectivity index (χ1) is 9.51. The van der Waals surface area contributed by atoms with Crippen LogP contribution in [0.4, 0.5) is 5.69 Å². The van der Waals surface area contributed by atoms with Crippen LogP contribution < -0.4 is 10.1 Å². The fraction of sp³-hybridized carbons (Fsp3) is 0.200. The Bertz CT molecular complexity index is 630. The van der Waals surface area contributed by atoms with Gasteiger partial charge in [-0.3, -0.25) is 0 Å². The fourth-order valence-corrected chi connectivity index (χ4v) is 2.21. The smallest absolute Gasteiger partial charge is 0.176 e. The number of aromatic hydroxyl groups is 1. The quantitative estimate of drug-likeness (QED) is 0.865. The van der Waals surface area contributed by atoms with Crippen molar-refractivity contribution in [2.24, 2.45) is 0 Å². The van der Waals surface area contributed by atoms with Crippen molar-refractivity contribution < 1.29 is 9.84 Å². The van der Waals surface area contributed by atoms with Crippen molar-refractivity contribution in [2.75, 3.05) is 12.4 Å². The van der Waals surface area contributed by atoms with E-state index in [2.05, 4.69) is 5.32 Å². The van der Waals surface area contributed by atoms with Crippen LogP contribution in [0.1, 0.15) is 11.1 Å². The van der Waals surface area contributed by atoms with E-state index in [1.54, 1.807) is 12.1 Å². The van der Waals surface area contributed by atoms with E-state index in [4.69, 9.17) is 27.9 Å². The third-order valence-corrected chi connectivity index (χ3v) is 3.67. The van der Waals surface area contributed by atoms with Gasteiger partial charge in [0.15, 0.2) is 11.5 Å². The molecule has 5 heteroatoms. The summed E-state index contributed by atoms with van der Waals surface area (Å²) in [5.74, 6) is 0.313. The molecule has 106 valence electrons. The van der Waals surface area contributed by atoms with Gasteiger partial charge in [0, 0.05) is 17.3 Å². The molecule has 0 fully saturated rings. The Morgan fingerprint density at radius 2 is 1.90 bits per heavy atom. The molecule has 20 heavy (non-hydrogen) atoms. The summed E-state index contributed by atoms with van der Waals surface area (Å²) >= 11 is 12.0. The Balaban J connectivity index is 2.14. The van der Waals surface area contributed by atoms with E-state index in [1.807, 2.05) is 25.1 Å². The average molecular weight is 312 g/mol. The summed E-state index contributed by atoms with van der Waals surface area (Å²) in [5, 5.41) is 13.9. The lowest BCUT2D eigenvalue weighted by atomic mass is 10.2. The van der Waals surface area contributed by atoms with E-state index in [0.29, 0.717) is 12.3 Å². The number of phenols is 1. The molecule has 0 aliphatic rings. The molecular weight excluding hydrogens is 297 g/mol. The van der Waals surface area contributed by atoms with E-state index in [1.165, 1.54) is 7.11 Å². The number of anilines is 1. The van der Waals surface area contributed by atoms with Gasteiger partial charge in [0.2, 0.25) is 0 Å². The minimum atomic E-state index is -0.0451. The number of hydrogen-bond donors (Lipinski definition) is 2. The highest BCUT2D eigenvalue weighted by atomic mass is 35.5. The van der Waals surface area contributed by atoms with Crippen LogP contribution in [-0.4, -0.2) is 12.2 Å². The third-order valence-electron chi connectivity index (χ3n) is 2.98. The number of nitrogens with one attached hydrogen (secondary N) is 1. The van der Waals surface area contributed by atoms with E-state index in [9.17, 15) is 5.11 Å². The molecule has 0 unspecified atom stereocenters. The molecular formula is C15H15Cl2NO2. The van der Waals surface area contributed by atoms with Crippen LogP contribution in [0.5, 0.6) is 11.5 Å². The molecule has 0 amide bonds. The lowest BCUT2D eigenvalue weighted by molar-refractivity contribution is 0.373. The summed E-state index contributed by atoms with van der Waals surface area (Å²) in [6, 6.07) is 9.22. The second-order valence-electron chi connectivity index (χ2n) is 4.45. The molecule has 0 heterocycles. The van der Waals surface area contributed by atoms with E-state index < -0.39 is 0 Å². The van der Waals surface area contributed by atoms with Crippen LogP contribution >= 0.6 is 23.2 Å². The lowest BCUT2D eigenvalue weighted by Crippen LogP contribution is -2.00. The zero-order valence-electron chi connectivity index (χ0n) is 11.2. The normalized spacial score (nSPS) is 10.4. The minimum Gasteiger partial charge on any atom is -0.503 e. The SMILES string of the molecule is COc1cc(CNc2ccc(C)c(Cl)c2)cc(Cl)c1O. The number of rotatable bonds is 4. The molecule has 0 atom stereocenters. The molecule has 2 N–H and O–H groups in total. The summed E-state index contributed by atoms with van der Waals surface area (Å²) in [4.78, 5) is 0. The van der Waals surface area contributed by atoms with Crippen LogP contribution in [-0.2, 0) is 6.54 Å². The second-order valence-corrected chi connectivity index (χ2v) is 5.26. The van der Waals surface area contributed by atoms with Gasteiger partial charge in [-0.1, -0.05) is 29.3 Å². The van der Waals surface area contributed by atoms with Crippen LogP contribution in [0.3, 0.4) is 0 Å². The Labute approximate surface area is 128 Å². The van der Waals surface area contributed by atoms with Crippen LogP contribution in [0.25, 0.3) is 0 Å². The molecule has 0 saturated heterocycles. The zero-order valence-corrected chi connectivity index (χ0v) is 12.7. The number of phenolic OH excluding ortho intramolecular Hbond substituents is 1. The van der Waals surface area contributed by atoms with Crippen molar-refractivity contribution in [3.63, 3.8) is 0 Å². The Morgan fingerprint density at radius 3 is 2.55 bits per heavy atom. The fourth-order valence-electron chi connectivity index (χ4n) is 1.79. The molecule has 0 saturated carbocycles. The number of hydrogen-bond acceptors (Lipinski definition) is 3. The molecule has 0 bridgehead atoms. The molecule has 3 nitrogen and oxygen atoms in total. The summed E-state index contributed by atoms with van der Waals surface area (Å²) in [7, 11) is 1.49. The number of methoxy groups -OCH3 is 1. The Morgan fingerprint density at radius 1 is 1.15 bits per heavy atom. The molecule has 0 spiro atoms. The minimum absolute atomic E-state index is 0.0451. The first-order valence-electron chi connectivity index (χ1n) is 6.06. The molecule has 0 radical (unpaired) electrons. The predicted octanol–water partition coefficient (Wildman–Crippen LogP) is 4.63. The number of benzene rings is 2. The first kappa shape index (κ1) is 14.8. The first-order valence-corrected chi connectivity index (χ1v) is 6.82. The maximum atomic E-state index is 9.68. The van der Waals surface area contributed by atoms with Crippen molar-refractivity contribution in [1.82, 2.24) is 0 Å². The van der Waals surface area contributed by atoms with Gasteiger partial charge in [-0.25, -0.2) is 0 Å². The molecule has 2 aromatic rings. The largest absolute Gasteiger partial charge is 0.503 e. The highest BCUT2D eigenvalue weighted by Gasteiger charge is 2.09. The van der Waals surface area contributed by atoms with E-state index in [-0.39, 0.29) is 10.8 Å². The van der Waals surface area contributed by atoms with Crippen molar-refractivity contribution in [3.05, 3.63) is 51.5 Å². The summed E-state index contributed by atoms with van der Waals surface area (Å²) in [5.41, 5.74) is 2.86. The van der Waals surface area contributed by atoms with Gasteiger partial charge in [-0.2, -0.15) is 0 Å². The Hall–Kier alpha value is -1.58. The predicted molar refractivity (Wildman–Crippen MR) is 83.2 cm³/mol. The lowest BCUT2D eigenvalue weighted by Gasteiger charge is -2.11. The number of ether oxygens (including phenoxy) is 1. The van der Waals surface area contributed by atoms with Gasteiger partial charge in [0.1, 0.15) is 0 Å². The van der Waals surface area contributed by atoms with Crippen LogP contribution in [0.2, 0.25) is 10.0 Å². The molecule has 0 aliphatic heterocycles. The Kier molecular flexibility index (Phi) is 4.63. The van der Waals surface area contributed by atoms with Gasteiger partial charge in [0.25, 0.3) is 0 Å². The van der Waals surface area contributed by atoms with Crippen molar-refractivity contribution in [3.8, 4) is 11.5 Å². The summed E-state index contributed by atoms with van der Waals surface area (Å²) in [6.07, 6.45) is 0. The van der Waals surface area contributed by atoms with E-state index >= 15 is 0 Å². The maximum absolute atomic E-state index is 9.68. The van der Waals surface area contributed by atoms with Gasteiger partial charge in [-0.05, 0) is 42.3 Å². The van der Waals surface area contributed by atoms with Crippen LogP contribution in [0, 0.1) is 6.92 Å².